The molecule has 2 aromatic rings. The molecule has 0 unspecified atom stereocenters. The molecule has 3 N–H and O–H groups in total. The number of anilines is 2. The average Bonchev–Trinajstić information content (AvgIpc) is 2.43. The van der Waals surface area contributed by atoms with Gasteiger partial charge in [0, 0.05) is 11.6 Å². The van der Waals surface area contributed by atoms with Gasteiger partial charge in [0.2, 0.25) is 0 Å². The molecule has 3 nitrogen and oxygen atoms in total. The smallest absolute Gasteiger partial charge is 0.122 e. The van der Waals surface area contributed by atoms with E-state index in [1.807, 2.05) is 24.3 Å². The zero-order valence-corrected chi connectivity index (χ0v) is 11.6. The molecule has 0 fully saturated rings. The van der Waals surface area contributed by atoms with Crippen LogP contribution in [0.15, 0.2) is 42.5 Å². The van der Waals surface area contributed by atoms with E-state index in [-0.39, 0.29) is 0 Å². The summed E-state index contributed by atoms with van der Waals surface area (Å²) in [6, 6.07) is 13.4. The first-order chi connectivity index (χ1) is 9.20. The first-order valence-corrected chi connectivity index (χ1v) is 6.49. The monoisotopic (exact) mass is 276 g/mol. The van der Waals surface area contributed by atoms with E-state index in [9.17, 15) is 0 Å². The van der Waals surface area contributed by atoms with Gasteiger partial charge in [-0.15, -0.1) is 0 Å². The highest BCUT2D eigenvalue weighted by Crippen LogP contribution is 2.23. The molecule has 2 rings (SSSR count). The Balaban J connectivity index is 1.98. The van der Waals surface area contributed by atoms with Gasteiger partial charge in [0.05, 0.1) is 18.5 Å². The summed E-state index contributed by atoms with van der Waals surface area (Å²) >= 11 is 5.94. The minimum atomic E-state index is 0.675. The van der Waals surface area contributed by atoms with Crippen molar-refractivity contribution in [2.45, 2.75) is 6.42 Å². The van der Waals surface area contributed by atoms with Gasteiger partial charge >= 0.3 is 0 Å². The van der Waals surface area contributed by atoms with Crippen LogP contribution in [0.3, 0.4) is 0 Å². The van der Waals surface area contributed by atoms with E-state index >= 15 is 0 Å². The number of nitrogen functional groups attached to an aromatic ring is 1. The fourth-order valence-electron chi connectivity index (χ4n) is 1.92. The number of ether oxygens (including phenoxy) is 1. The molecule has 0 saturated carbocycles. The molecule has 0 radical (unpaired) electrons. The van der Waals surface area contributed by atoms with Gasteiger partial charge in [0.15, 0.2) is 0 Å². The molecule has 0 atom stereocenters. The van der Waals surface area contributed by atoms with Gasteiger partial charge in [-0.3, -0.25) is 0 Å². The lowest BCUT2D eigenvalue weighted by molar-refractivity contribution is 0.410. The molecule has 0 heterocycles. The Kier molecular flexibility index (Phi) is 4.53. The summed E-state index contributed by atoms with van der Waals surface area (Å²) < 4.78 is 5.32. The Bertz CT molecular complexity index is 558. The molecule has 19 heavy (non-hydrogen) atoms. The van der Waals surface area contributed by atoms with Gasteiger partial charge in [-0.25, -0.2) is 0 Å². The number of methoxy groups -OCH3 is 1. The van der Waals surface area contributed by atoms with E-state index in [4.69, 9.17) is 22.1 Å². The Morgan fingerprint density at radius 3 is 2.79 bits per heavy atom. The van der Waals surface area contributed by atoms with Crippen molar-refractivity contribution in [1.82, 2.24) is 0 Å². The number of halogens is 1. The molecule has 0 spiro atoms. The molecule has 0 aromatic heterocycles. The zero-order chi connectivity index (χ0) is 13.7. The van der Waals surface area contributed by atoms with Gasteiger partial charge in [0.1, 0.15) is 5.75 Å². The lowest BCUT2D eigenvalue weighted by Crippen LogP contribution is -2.07. The average molecular weight is 277 g/mol. The lowest BCUT2D eigenvalue weighted by Gasteiger charge is -2.11. The lowest BCUT2D eigenvalue weighted by atomic mass is 10.1. The number of hydrogen-bond donors (Lipinski definition) is 2. The predicted octanol–water partition coefficient (Wildman–Crippen LogP) is 3.59. The van der Waals surface area contributed by atoms with Gasteiger partial charge in [0.25, 0.3) is 0 Å². The summed E-state index contributed by atoms with van der Waals surface area (Å²) in [7, 11) is 1.68. The van der Waals surface area contributed by atoms with Crippen molar-refractivity contribution >= 4 is 23.0 Å². The summed E-state index contributed by atoms with van der Waals surface area (Å²) in [6.07, 6.45) is 0.857. The maximum absolute atomic E-state index is 5.94. The van der Waals surface area contributed by atoms with E-state index in [0.29, 0.717) is 10.7 Å². The largest absolute Gasteiger partial charge is 0.496 e. The SMILES string of the molecule is COc1ccccc1CCNc1cc(Cl)ccc1N. The summed E-state index contributed by atoms with van der Waals surface area (Å²) in [6.45, 7) is 0.769. The third kappa shape index (κ3) is 3.55. The van der Waals surface area contributed by atoms with Crippen LogP contribution < -0.4 is 15.8 Å². The van der Waals surface area contributed by atoms with Gasteiger partial charge in [-0.05, 0) is 36.2 Å². The van der Waals surface area contributed by atoms with Crippen molar-refractivity contribution < 1.29 is 4.74 Å². The molecular formula is C15H17ClN2O. The molecule has 4 heteroatoms. The van der Waals surface area contributed by atoms with Crippen molar-refractivity contribution in [3.8, 4) is 5.75 Å². The van der Waals surface area contributed by atoms with Crippen LogP contribution in [0.25, 0.3) is 0 Å². The van der Waals surface area contributed by atoms with Crippen LogP contribution in [0.1, 0.15) is 5.56 Å². The summed E-state index contributed by atoms with van der Waals surface area (Å²) in [5.74, 6) is 0.906. The van der Waals surface area contributed by atoms with E-state index in [1.165, 1.54) is 0 Å². The second kappa shape index (κ2) is 6.34. The van der Waals surface area contributed by atoms with Gasteiger partial charge in [-0.2, -0.15) is 0 Å². The van der Waals surface area contributed by atoms with Crippen LogP contribution >= 0.6 is 11.6 Å². The number of nitrogens with one attached hydrogen (secondary N) is 1. The minimum absolute atomic E-state index is 0.675. The van der Waals surface area contributed by atoms with E-state index in [0.717, 1.165) is 30.0 Å². The number of hydrogen-bond acceptors (Lipinski definition) is 3. The third-order valence-corrected chi connectivity index (χ3v) is 3.15. The highest BCUT2D eigenvalue weighted by molar-refractivity contribution is 6.31. The zero-order valence-electron chi connectivity index (χ0n) is 10.8. The Morgan fingerprint density at radius 1 is 1.21 bits per heavy atom. The number of benzene rings is 2. The van der Waals surface area contributed by atoms with Crippen molar-refractivity contribution in [3.63, 3.8) is 0 Å². The molecule has 0 aliphatic carbocycles. The molecule has 0 amide bonds. The first kappa shape index (κ1) is 13.6. The van der Waals surface area contributed by atoms with Crippen LogP contribution in [0.5, 0.6) is 5.75 Å². The molecule has 0 saturated heterocycles. The second-order valence-corrected chi connectivity index (χ2v) is 4.66. The Morgan fingerprint density at radius 2 is 2.00 bits per heavy atom. The van der Waals surface area contributed by atoms with E-state index < -0.39 is 0 Å². The molecule has 0 bridgehead atoms. The molecule has 0 aliphatic heterocycles. The van der Waals surface area contributed by atoms with Crippen LogP contribution in [0, 0.1) is 0 Å². The number of nitrogens with two attached hydrogens (primary N) is 1. The van der Waals surface area contributed by atoms with Crippen LogP contribution in [0.2, 0.25) is 5.02 Å². The summed E-state index contributed by atoms with van der Waals surface area (Å²) in [5.41, 5.74) is 8.61. The molecule has 2 aromatic carbocycles. The fourth-order valence-corrected chi connectivity index (χ4v) is 2.10. The highest BCUT2D eigenvalue weighted by Gasteiger charge is 2.03. The predicted molar refractivity (Wildman–Crippen MR) is 81.1 cm³/mol. The first-order valence-electron chi connectivity index (χ1n) is 6.11. The van der Waals surface area contributed by atoms with Crippen LogP contribution in [-0.4, -0.2) is 13.7 Å². The number of para-hydroxylation sites is 1. The molecule has 0 aliphatic rings. The van der Waals surface area contributed by atoms with Crippen molar-refractivity contribution in [2.24, 2.45) is 0 Å². The van der Waals surface area contributed by atoms with Crippen molar-refractivity contribution in [1.29, 1.82) is 0 Å². The summed E-state index contributed by atoms with van der Waals surface area (Å²) in [5, 5.41) is 3.96. The highest BCUT2D eigenvalue weighted by atomic mass is 35.5. The second-order valence-electron chi connectivity index (χ2n) is 4.22. The topological polar surface area (TPSA) is 47.3 Å². The Hall–Kier alpha value is -1.87. The third-order valence-electron chi connectivity index (χ3n) is 2.92. The maximum Gasteiger partial charge on any atom is 0.122 e. The van der Waals surface area contributed by atoms with Crippen molar-refractivity contribution in [3.05, 3.63) is 53.1 Å². The number of rotatable bonds is 5. The molecule has 100 valence electrons. The standard InChI is InChI=1S/C15H17ClN2O/c1-19-15-5-3-2-4-11(15)8-9-18-14-10-12(16)6-7-13(14)17/h2-7,10,18H,8-9,17H2,1H3. The fraction of sp³-hybridized carbons (Fsp3) is 0.200. The normalized spacial score (nSPS) is 10.2. The van der Waals surface area contributed by atoms with E-state index in [2.05, 4.69) is 11.4 Å². The van der Waals surface area contributed by atoms with E-state index in [1.54, 1.807) is 19.2 Å². The summed E-state index contributed by atoms with van der Waals surface area (Å²) in [4.78, 5) is 0. The maximum atomic E-state index is 5.94. The van der Waals surface area contributed by atoms with Crippen LogP contribution in [-0.2, 0) is 6.42 Å². The minimum Gasteiger partial charge on any atom is -0.496 e. The van der Waals surface area contributed by atoms with Crippen molar-refractivity contribution in [2.75, 3.05) is 24.7 Å². The van der Waals surface area contributed by atoms with Crippen LogP contribution in [0.4, 0.5) is 11.4 Å². The Labute approximate surface area is 118 Å². The quantitative estimate of drug-likeness (QED) is 0.821. The van der Waals surface area contributed by atoms with Gasteiger partial charge < -0.3 is 15.8 Å². The van der Waals surface area contributed by atoms with Gasteiger partial charge in [-0.1, -0.05) is 29.8 Å². The molecular weight excluding hydrogens is 260 g/mol.